The normalized spacial score (nSPS) is 22.8. The molecule has 1 fully saturated rings. The second-order valence-corrected chi connectivity index (χ2v) is 6.53. The van der Waals surface area contributed by atoms with E-state index in [1.807, 2.05) is 0 Å². The largest absolute Gasteiger partial charge is 0.478 e. The van der Waals surface area contributed by atoms with Gasteiger partial charge in [-0.2, -0.15) is 13.2 Å². The van der Waals surface area contributed by atoms with E-state index in [1.165, 1.54) is 6.07 Å². The van der Waals surface area contributed by atoms with Crippen molar-refractivity contribution in [3.05, 3.63) is 29.3 Å². The average molecular weight is 321 g/mol. The number of nitrogens with one attached hydrogen (secondary N) is 1. The van der Waals surface area contributed by atoms with Crippen LogP contribution in [0.25, 0.3) is 0 Å². The van der Waals surface area contributed by atoms with Gasteiger partial charge in [-0.25, -0.2) is 4.79 Å². The molecular weight excluding hydrogens is 307 g/mol. The zero-order valence-electron chi connectivity index (χ0n) is 10.9. The molecule has 1 saturated heterocycles. The summed E-state index contributed by atoms with van der Waals surface area (Å²) < 4.78 is 49.4. The first-order valence-electron chi connectivity index (χ1n) is 6.33. The van der Waals surface area contributed by atoms with Crippen LogP contribution >= 0.6 is 0 Å². The Balaban J connectivity index is 2.20. The van der Waals surface area contributed by atoms with Crippen LogP contribution in [0.3, 0.4) is 0 Å². The number of halogens is 3. The fraction of sp³-hybridized carbons (Fsp3) is 0.462. The highest BCUT2D eigenvalue weighted by molar-refractivity contribution is 7.85. The summed E-state index contributed by atoms with van der Waals surface area (Å²) in [7, 11) is -0.829. The summed E-state index contributed by atoms with van der Waals surface area (Å²) in [4.78, 5) is 11.0. The second kappa shape index (κ2) is 6.05. The lowest BCUT2D eigenvalue weighted by molar-refractivity contribution is -0.138. The van der Waals surface area contributed by atoms with Crippen molar-refractivity contribution in [3.63, 3.8) is 0 Å². The lowest BCUT2D eigenvalue weighted by Crippen LogP contribution is -2.29. The maximum absolute atomic E-state index is 12.7. The molecule has 2 N–H and O–H groups in total. The van der Waals surface area contributed by atoms with Gasteiger partial charge in [-0.3, -0.25) is 4.21 Å². The van der Waals surface area contributed by atoms with Gasteiger partial charge in [0, 0.05) is 34.0 Å². The highest BCUT2D eigenvalue weighted by atomic mass is 32.2. The molecule has 0 amide bonds. The van der Waals surface area contributed by atoms with Crippen LogP contribution in [0.4, 0.5) is 18.9 Å². The van der Waals surface area contributed by atoms with Gasteiger partial charge in [0.05, 0.1) is 11.1 Å². The minimum absolute atomic E-state index is 0.00100. The molecule has 1 aliphatic rings. The van der Waals surface area contributed by atoms with Gasteiger partial charge in [-0.1, -0.05) is 0 Å². The Hall–Kier alpha value is -1.57. The van der Waals surface area contributed by atoms with Crippen molar-refractivity contribution in [2.45, 2.75) is 25.1 Å². The first-order valence-corrected chi connectivity index (χ1v) is 7.82. The van der Waals surface area contributed by atoms with Crippen LogP contribution in [0.5, 0.6) is 0 Å². The van der Waals surface area contributed by atoms with E-state index >= 15 is 0 Å². The topological polar surface area (TPSA) is 66.4 Å². The molecule has 0 bridgehead atoms. The van der Waals surface area contributed by atoms with Crippen LogP contribution in [-0.2, 0) is 17.0 Å². The Bertz CT molecular complexity index is 564. The first-order chi connectivity index (χ1) is 9.77. The Kier molecular flexibility index (Phi) is 4.55. The van der Waals surface area contributed by atoms with Gasteiger partial charge < -0.3 is 10.4 Å². The summed E-state index contributed by atoms with van der Waals surface area (Å²) in [6, 6.07) is 2.99. The van der Waals surface area contributed by atoms with Gasteiger partial charge in [0.1, 0.15) is 0 Å². The number of aromatic carboxylic acids is 1. The first kappa shape index (κ1) is 15.8. The standard InChI is InChI=1S/C13H14F3NO3S/c14-13(15,16)11-2-1-9(7-10(11)12(18)19)17-8-3-5-21(20)6-4-8/h1-2,7-8,17H,3-6H2,(H,18,19). The van der Waals surface area contributed by atoms with Crippen LogP contribution < -0.4 is 5.32 Å². The minimum Gasteiger partial charge on any atom is -0.478 e. The average Bonchev–Trinajstić information content (AvgIpc) is 2.40. The van der Waals surface area contributed by atoms with E-state index in [1.54, 1.807) is 0 Å². The molecule has 0 saturated carbocycles. The van der Waals surface area contributed by atoms with E-state index in [9.17, 15) is 22.2 Å². The Morgan fingerprint density at radius 2 is 1.90 bits per heavy atom. The van der Waals surface area contributed by atoms with Crippen molar-refractivity contribution in [2.75, 3.05) is 16.8 Å². The van der Waals surface area contributed by atoms with Gasteiger partial charge in [-0.05, 0) is 31.0 Å². The van der Waals surface area contributed by atoms with Crippen molar-refractivity contribution in [3.8, 4) is 0 Å². The summed E-state index contributed by atoms with van der Waals surface area (Å²) in [6.07, 6.45) is -3.40. The number of hydrogen-bond acceptors (Lipinski definition) is 3. The van der Waals surface area contributed by atoms with Gasteiger partial charge in [0.15, 0.2) is 0 Å². The molecular formula is C13H14F3NO3S. The zero-order chi connectivity index (χ0) is 15.6. The fourth-order valence-corrected chi connectivity index (χ4v) is 3.53. The van der Waals surface area contributed by atoms with Crippen LogP contribution in [0, 0.1) is 0 Å². The molecule has 4 nitrogen and oxygen atoms in total. The van der Waals surface area contributed by atoms with Crippen LogP contribution in [0.1, 0.15) is 28.8 Å². The highest BCUT2D eigenvalue weighted by Crippen LogP contribution is 2.33. The maximum atomic E-state index is 12.7. The number of carbonyl (C=O) groups is 1. The molecule has 0 aliphatic carbocycles. The molecule has 116 valence electrons. The number of carboxylic acid groups (broad SMARTS) is 1. The van der Waals surface area contributed by atoms with Crippen LogP contribution in [0.2, 0.25) is 0 Å². The Morgan fingerprint density at radius 3 is 2.43 bits per heavy atom. The van der Waals surface area contributed by atoms with Crippen molar-refractivity contribution in [2.24, 2.45) is 0 Å². The van der Waals surface area contributed by atoms with Crippen molar-refractivity contribution in [1.82, 2.24) is 0 Å². The van der Waals surface area contributed by atoms with Crippen LogP contribution in [-0.4, -0.2) is 32.8 Å². The Morgan fingerprint density at radius 1 is 1.29 bits per heavy atom. The summed E-state index contributed by atoms with van der Waals surface area (Å²) >= 11 is 0. The molecule has 0 aromatic heterocycles. The minimum atomic E-state index is -4.70. The molecule has 8 heteroatoms. The number of carboxylic acids is 1. The van der Waals surface area contributed by atoms with Crippen molar-refractivity contribution >= 4 is 22.5 Å². The summed E-state index contributed by atoms with van der Waals surface area (Å²) in [6.45, 7) is 0. The van der Waals surface area contributed by atoms with E-state index < -0.39 is 34.1 Å². The summed E-state index contributed by atoms with van der Waals surface area (Å²) in [5.41, 5.74) is -1.60. The number of alkyl halides is 3. The van der Waals surface area contributed by atoms with Crippen molar-refractivity contribution < 1.29 is 27.3 Å². The number of benzene rings is 1. The van der Waals surface area contributed by atoms with Gasteiger partial charge in [0.2, 0.25) is 0 Å². The predicted molar refractivity (Wildman–Crippen MR) is 72.9 cm³/mol. The Labute approximate surface area is 121 Å². The lowest BCUT2D eigenvalue weighted by Gasteiger charge is -2.24. The molecule has 1 aliphatic heterocycles. The third-order valence-electron chi connectivity index (χ3n) is 3.31. The third kappa shape index (κ3) is 3.96. The molecule has 1 aromatic carbocycles. The van der Waals surface area contributed by atoms with Gasteiger partial charge in [0.25, 0.3) is 0 Å². The van der Waals surface area contributed by atoms with E-state index in [2.05, 4.69) is 5.32 Å². The molecule has 2 rings (SSSR count). The smallest absolute Gasteiger partial charge is 0.417 e. The van der Waals surface area contributed by atoms with Gasteiger partial charge >= 0.3 is 12.1 Å². The molecule has 21 heavy (non-hydrogen) atoms. The van der Waals surface area contributed by atoms with E-state index in [0.29, 0.717) is 30.0 Å². The SMILES string of the molecule is O=C(O)c1cc(NC2CCS(=O)CC2)ccc1C(F)(F)F. The lowest BCUT2D eigenvalue weighted by atomic mass is 10.0. The van der Waals surface area contributed by atoms with E-state index in [-0.39, 0.29) is 6.04 Å². The zero-order valence-corrected chi connectivity index (χ0v) is 11.8. The molecule has 0 radical (unpaired) electrons. The van der Waals surface area contributed by atoms with E-state index in [4.69, 9.17) is 5.11 Å². The van der Waals surface area contributed by atoms with Crippen LogP contribution in [0.15, 0.2) is 18.2 Å². The second-order valence-electron chi connectivity index (χ2n) is 4.83. The molecule has 0 spiro atoms. The molecule has 1 aromatic rings. The molecule has 0 unspecified atom stereocenters. The van der Waals surface area contributed by atoms with Gasteiger partial charge in [-0.15, -0.1) is 0 Å². The summed E-state index contributed by atoms with van der Waals surface area (Å²) in [5, 5.41) is 11.9. The predicted octanol–water partition coefficient (Wildman–Crippen LogP) is 2.73. The summed E-state index contributed by atoms with van der Waals surface area (Å²) in [5.74, 6) is -0.524. The van der Waals surface area contributed by atoms with E-state index in [0.717, 1.165) is 12.1 Å². The monoisotopic (exact) mass is 321 g/mol. The number of rotatable bonds is 3. The number of anilines is 1. The number of hydrogen-bond donors (Lipinski definition) is 2. The van der Waals surface area contributed by atoms with Crippen molar-refractivity contribution in [1.29, 1.82) is 0 Å². The third-order valence-corrected chi connectivity index (χ3v) is 4.70. The highest BCUT2D eigenvalue weighted by Gasteiger charge is 2.35. The molecule has 0 atom stereocenters. The molecule has 1 heterocycles. The maximum Gasteiger partial charge on any atom is 0.417 e. The fourth-order valence-electron chi connectivity index (χ4n) is 2.23. The quantitative estimate of drug-likeness (QED) is 0.898.